The first-order valence-corrected chi connectivity index (χ1v) is 13.5. The second-order valence-corrected chi connectivity index (χ2v) is 10.2. The molecule has 0 N–H and O–H groups in total. The summed E-state index contributed by atoms with van der Waals surface area (Å²) in [4.78, 5) is 8.40. The standard InChI is InChI=1S/C37H28N2/c1-3-7-35-31(5-1)9-10-32-6-2-4-8-36(32)37(35,33-15-11-27(12-16-33)29-19-23-38-24-20-29)34-17-13-28(14-18-34)30-21-25-39-26-22-30/h1-8,11-26H,9-10H2. The van der Waals surface area contributed by atoms with Gasteiger partial charge in [-0.2, -0.15) is 0 Å². The average molecular weight is 501 g/mol. The molecule has 0 fully saturated rings. The van der Waals surface area contributed by atoms with Crippen molar-refractivity contribution in [1.29, 1.82) is 0 Å². The molecule has 0 radical (unpaired) electrons. The average Bonchev–Trinajstić information content (AvgIpc) is 3.17. The molecule has 1 aliphatic rings. The van der Waals surface area contributed by atoms with Crippen molar-refractivity contribution in [2.24, 2.45) is 0 Å². The van der Waals surface area contributed by atoms with Gasteiger partial charge in [0, 0.05) is 24.8 Å². The summed E-state index contributed by atoms with van der Waals surface area (Å²) in [6.45, 7) is 0. The molecule has 0 saturated carbocycles. The van der Waals surface area contributed by atoms with Gasteiger partial charge in [0.1, 0.15) is 0 Å². The Hall–Kier alpha value is -4.82. The lowest BCUT2D eigenvalue weighted by atomic mass is 9.63. The number of rotatable bonds is 4. The summed E-state index contributed by atoms with van der Waals surface area (Å²) in [6.07, 6.45) is 9.47. The third-order valence-electron chi connectivity index (χ3n) is 8.17. The van der Waals surface area contributed by atoms with Crippen LogP contribution in [0.4, 0.5) is 0 Å². The molecule has 6 aromatic rings. The van der Waals surface area contributed by atoms with E-state index in [1.165, 1.54) is 55.6 Å². The van der Waals surface area contributed by atoms with E-state index in [-0.39, 0.29) is 0 Å². The number of aromatic nitrogens is 2. The Morgan fingerprint density at radius 1 is 0.385 bits per heavy atom. The van der Waals surface area contributed by atoms with E-state index in [0.717, 1.165) is 12.8 Å². The molecule has 1 aliphatic carbocycles. The molecule has 0 spiro atoms. The molecule has 0 saturated heterocycles. The van der Waals surface area contributed by atoms with Gasteiger partial charge in [0.25, 0.3) is 0 Å². The minimum absolute atomic E-state index is 0.433. The maximum Gasteiger partial charge on any atom is 0.0706 e. The van der Waals surface area contributed by atoms with Crippen LogP contribution in [0, 0.1) is 0 Å². The van der Waals surface area contributed by atoms with E-state index < -0.39 is 5.41 Å². The van der Waals surface area contributed by atoms with Crippen LogP contribution in [0.1, 0.15) is 33.4 Å². The van der Waals surface area contributed by atoms with Crippen molar-refractivity contribution < 1.29 is 0 Å². The third-order valence-corrected chi connectivity index (χ3v) is 8.17. The van der Waals surface area contributed by atoms with Crippen LogP contribution in [0.5, 0.6) is 0 Å². The highest BCUT2D eigenvalue weighted by Gasteiger charge is 2.42. The van der Waals surface area contributed by atoms with Crippen LogP contribution >= 0.6 is 0 Å². The van der Waals surface area contributed by atoms with Crippen molar-refractivity contribution in [3.8, 4) is 22.3 Å². The van der Waals surface area contributed by atoms with Crippen LogP contribution in [0.25, 0.3) is 22.3 Å². The van der Waals surface area contributed by atoms with Crippen molar-refractivity contribution in [2.45, 2.75) is 18.3 Å². The van der Waals surface area contributed by atoms with Crippen LogP contribution in [0.15, 0.2) is 146 Å². The summed E-state index contributed by atoms with van der Waals surface area (Å²) < 4.78 is 0. The number of aryl methyl sites for hydroxylation is 2. The summed E-state index contributed by atoms with van der Waals surface area (Å²) >= 11 is 0. The van der Waals surface area contributed by atoms with E-state index in [0.29, 0.717) is 0 Å². The minimum Gasteiger partial charge on any atom is -0.265 e. The SMILES string of the molecule is c1ccc2c(c1)CCc1ccccc1C2(c1ccc(-c2ccncc2)cc1)c1ccc(-c2ccncc2)cc1. The zero-order valence-corrected chi connectivity index (χ0v) is 21.7. The topological polar surface area (TPSA) is 25.8 Å². The van der Waals surface area contributed by atoms with Gasteiger partial charge in [0.05, 0.1) is 5.41 Å². The zero-order chi connectivity index (χ0) is 26.1. The van der Waals surface area contributed by atoms with Crippen molar-refractivity contribution in [1.82, 2.24) is 9.97 Å². The van der Waals surface area contributed by atoms with Gasteiger partial charge in [-0.05, 0) is 92.7 Å². The Morgan fingerprint density at radius 2 is 0.744 bits per heavy atom. The fraction of sp³-hybridized carbons (Fsp3) is 0.0811. The number of benzene rings is 4. The molecule has 0 aliphatic heterocycles. The molecule has 2 heteroatoms. The maximum absolute atomic E-state index is 4.20. The molecular formula is C37H28N2. The Balaban J connectivity index is 1.50. The van der Waals surface area contributed by atoms with Gasteiger partial charge >= 0.3 is 0 Å². The predicted octanol–water partition coefficient (Wildman–Crippen LogP) is 8.29. The molecular weight excluding hydrogens is 472 g/mol. The van der Waals surface area contributed by atoms with E-state index in [4.69, 9.17) is 0 Å². The summed E-state index contributed by atoms with van der Waals surface area (Å²) in [7, 11) is 0. The highest BCUT2D eigenvalue weighted by Crippen LogP contribution is 2.49. The highest BCUT2D eigenvalue weighted by atomic mass is 14.6. The van der Waals surface area contributed by atoms with E-state index in [2.05, 4.69) is 131 Å². The van der Waals surface area contributed by atoms with Crippen LogP contribution in [0.3, 0.4) is 0 Å². The lowest BCUT2D eigenvalue weighted by Crippen LogP contribution is -2.32. The number of nitrogens with zero attached hydrogens (tertiary/aromatic N) is 2. The molecule has 39 heavy (non-hydrogen) atoms. The Kier molecular flexibility index (Phi) is 5.86. The molecule has 2 heterocycles. The fourth-order valence-electron chi connectivity index (χ4n) is 6.33. The van der Waals surface area contributed by atoms with E-state index in [1.807, 2.05) is 24.8 Å². The van der Waals surface area contributed by atoms with Gasteiger partial charge in [-0.25, -0.2) is 0 Å². The molecule has 0 unspecified atom stereocenters. The van der Waals surface area contributed by atoms with Crippen molar-refractivity contribution >= 4 is 0 Å². The van der Waals surface area contributed by atoms with Gasteiger partial charge in [-0.3, -0.25) is 9.97 Å². The van der Waals surface area contributed by atoms with Crippen LogP contribution < -0.4 is 0 Å². The van der Waals surface area contributed by atoms with E-state index >= 15 is 0 Å². The third kappa shape index (κ3) is 3.97. The van der Waals surface area contributed by atoms with E-state index in [1.54, 1.807) is 0 Å². The quantitative estimate of drug-likeness (QED) is 0.243. The molecule has 7 rings (SSSR count). The Morgan fingerprint density at radius 3 is 1.15 bits per heavy atom. The van der Waals surface area contributed by atoms with Crippen LogP contribution in [-0.2, 0) is 18.3 Å². The van der Waals surface area contributed by atoms with Crippen LogP contribution in [-0.4, -0.2) is 9.97 Å². The first-order chi connectivity index (χ1) is 19.3. The smallest absolute Gasteiger partial charge is 0.0706 e. The van der Waals surface area contributed by atoms with E-state index in [9.17, 15) is 0 Å². The Bertz CT molecular complexity index is 1590. The normalized spacial score (nSPS) is 13.6. The lowest BCUT2D eigenvalue weighted by Gasteiger charge is -2.38. The molecule has 2 nitrogen and oxygen atoms in total. The fourth-order valence-corrected chi connectivity index (χ4v) is 6.33. The summed E-state index contributed by atoms with van der Waals surface area (Å²) in [5.41, 5.74) is 12.4. The highest BCUT2D eigenvalue weighted by molar-refractivity contribution is 5.70. The first-order valence-electron chi connectivity index (χ1n) is 13.5. The summed E-state index contributed by atoms with van der Waals surface area (Å²) in [5.74, 6) is 0. The maximum atomic E-state index is 4.20. The number of hydrogen-bond acceptors (Lipinski definition) is 2. The van der Waals surface area contributed by atoms with Crippen molar-refractivity contribution in [3.05, 3.63) is 179 Å². The molecule has 2 aromatic heterocycles. The monoisotopic (exact) mass is 500 g/mol. The van der Waals surface area contributed by atoms with Gasteiger partial charge in [-0.15, -0.1) is 0 Å². The van der Waals surface area contributed by atoms with Gasteiger partial charge < -0.3 is 0 Å². The number of fused-ring (bicyclic) bond motifs is 2. The molecule has 0 atom stereocenters. The largest absolute Gasteiger partial charge is 0.265 e. The van der Waals surface area contributed by atoms with Gasteiger partial charge in [0.2, 0.25) is 0 Å². The second kappa shape index (κ2) is 9.81. The van der Waals surface area contributed by atoms with Gasteiger partial charge in [0.15, 0.2) is 0 Å². The lowest BCUT2D eigenvalue weighted by molar-refractivity contribution is 0.739. The predicted molar refractivity (Wildman–Crippen MR) is 159 cm³/mol. The zero-order valence-electron chi connectivity index (χ0n) is 21.7. The van der Waals surface area contributed by atoms with Crippen molar-refractivity contribution in [3.63, 3.8) is 0 Å². The Labute approximate surface area is 229 Å². The first kappa shape index (κ1) is 23.3. The minimum atomic E-state index is -0.433. The molecule has 186 valence electrons. The number of pyridine rings is 2. The molecule has 0 amide bonds. The second-order valence-electron chi connectivity index (χ2n) is 10.2. The van der Waals surface area contributed by atoms with Gasteiger partial charge in [-0.1, -0.05) is 97.1 Å². The number of hydrogen-bond donors (Lipinski definition) is 0. The summed E-state index contributed by atoms with van der Waals surface area (Å²) in [6, 6.07) is 44.6. The molecule has 0 bridgehead atoms. The molecule has 4 aromatic carbocycles. The van der Waals surface area contributed by atoms with Crippen LogP contribution in [0.2, 0.25) is 0 Å². The summed E-state index contributed by atoms with van der Waals surface area (Å²) in [5, 5.41) is 0. The van der Waals surface area contributed by atoms with Crippen molar-refractivity contribution in [2.75, 3.05) is 0 Å².